The summed E-state index contributed by atoms with van der Waals surface area (Å²) < 4.78 is 0. The van der Waals surface area contributed by atoms with Crippen molar-refractivity contribution in [2.45, 2.75) is 34.1 Å². The summed E-state index contributed by atoms with van der Waals surface area (Å²) in [6, 6.07) is 0. The summed E-state index contributed by atoms with van der Waals surface area (Å²) in [5.41, 5.74) is 4.24. The van der Waals surface area contributed by atoms with Crippen LogP contribution in [-0.2, 0) is 9.59 Å². The molecule has 0 aromatic heterocycles. The van der Waals surface area contributed by atoms with Crippen LogP contribution >= 0.6 is 0 Å². The van der Waals surface area contributed by atoms with Gasteiger partial charge in [-0.2, -0.15) is 0 Å². The van der Waals surface area contributed by atoms with Crippen molar-refractivity contribution in [2.24, 2.45) is 22.5 Å². The van der Waals surface area contributed by atoms with E-state index in [4.69, 9.17) is 5.73 Å². The third-order valence-electron chi connectivity index (χ3n) is 4.10. The second kappa shape index (κ2) is 5.26. The normalized spacial score (nSPS) is 24.3. The molecule has 18 heavy (non-hydrogen) atoms. The predicted molar refractivity (Wildman–Crippen MR) is 70.7 cm³/mol. The molecule has 5 heteroatoms. The summed E-state index contributed by atoms with van der Waals surface area (Å²) in [5, 5.41) is 6.13. The molecular formula is C13H25N3O2. The third kappa shape index (κ3) is 2.83. The zero-order chi connectivity index (χ0) is 14.0. The molecule has 1 rings (SSSR count). The second-order valence-corrected chi connectivity index (χ2v) is 6.17. The second-order valence-electron chi connectivity index (χ2n) is 6.17. The van der Waals surface area contributed by atoms with E-state index in [2.05, 4.69) is 24.5 Å². The molecule has 5 nitrogen and oxygen atoms in total. The largest absolute Gasteiger partial charge is 0.369 e. The first-order valence-electron chi connectivity index (χ1n) is 6.51. The summed E-state index contributed by atoms with van der Waals surface area (Å²) in [4.78, 5) is 23.6. The molecule has 1 atom stereocenters. The average Bonchev–Trinajstić information content (AvgIpc) is 2.76. The topological polar surface area (TPSA) is 84.2 Å². The van der Waals surface area contributed by atoms with Gasteiger partial charge >= 0.3 is 0 Å². The lowest BCUT2D eigenvalue weighted by molar-refractivity contribution is -0.133. The van der Waals surface area contributed by atoms with E-state index in [9.17, 15) is 9.59 Å². The van der Waals surface area contributed by atoms with Gasteiger partial charge in [0.25, 0.3) is 0 Å². The first-order chi connectivity index (χ1) is 8.22. The van der Waals surface area contributed by atoms with Crippen molar-refractivity contribution in [2.75, 3.05) is 19.6 Å². The van der Waals surface area contributed by atoms with Gasteiger partial charge in [-0.15, -0.1) is 0 Å². The molecule has 1 heterocycles. The molecule has 1 fully saturated rings. The Morgan fingerprint density at radius 1 is 1.44 bits per heavy atom. The van der Waals surface area contributed by atoms with Crippen LogP contribution in [0.5, 0.6) is 0 Å². The van der Waals surface area contributed by atoms with Gasteiger partial charge in [0, 0.05) is 13.1 Å². The number of nitrogens with one attached hydrogen (secondary N) is 2. The Morgan fingerprint density at radius 2 is 2.06 bits per heavy atom. The van der Waals surface area contributed by atoms with Gasteiger partial charge < -0.3 is 16.4 Å². The smallest absolute Gasteiger partial charge is 0.227 e. The quantitative estimate of drug-likeness (QED) is 0.658. The van der Waals surface area contributed by atoms with Gasteiger partial charge in [0.2, 0.25) is 11.8 Å². The zero-order valence-electron chi connectivity index (χ0n) is 11.8. The molecule has 1 saturated heterocycles. The van der Waals surface area contributed by atoms with Crippen molar-refractivity contribution in [1.29, 1.82) is 0 Å². The lowest BCUT2D eigenvalue weighted by Crippen LogP contribution is -2.50. The Kier molecular flexibility index (Phi) is 4.37. The minimum absolute atomic E-state index is 0.0248. The Bertz CT molecular complexity index is 331. The van der Waals surface area contributed by atoms with E-state index in [0.29, 0.717) is 6.54 Å². The van der Waals surface area contributed by atoms with Gasteiger partial charge in [-0.25, -0.2) is 0 Å². The van der Waals surface area contributed by atoms with E-state index < -0.39 is 11.3 Å². The molecule has 1 aliphatic heterocycles. The van der Waals surface area contributed by atoms with Gasteiger partial charge in [-0.3, -0.25) is 9.59 Å². The fraction of sp³-hybridized carbons (Fsp3) is 0.846. The molecular weight excluding hydrogens is 230 g/mol. The number of carbonyl (C=O) groups is 2. The van der Waals surface area contributed by atoms with Crippen molar-refractivity contribution in [1.82, 2.24) is 10.6 Å². The van der Waals surface area contributed by atoms with Gasteiger partial charge in [0.05, 0.1) is 10.8 Å². The van der Waals surface area contributed by atoms with Crippen LogP contribution in [0, 0.1) is 16.7 Å². The Hall–Kier alpha value is -1.10. The molecule has 0 aromatic rings. The highest BCUT2D eigenvalue weighted by molar-refractivity contribution is 5.85. The highest BCUT2D eigenvalue weighted by Gasteiger charge is 2.44. The number of hydrogen-bond donors (Lipinski definition) is 3. The van der Waals surface area contributed by atoms with Crippen molar-refractivity contribution >= 4 is 11.8 Å². The first kappa shape index (κ1) is 15.0. The number of amides is 2. The van der Waals surface area contributed by atoms with E-state index in [-0.39, 0.29) is 23.8 Å². The minimum atomic E-state index is -0.708. The van der Waals surface area contributed by atoms with Crippen LogP contribution in [-0.4, -0.2) is 31.4 Å². The van der Waals surface area contributed by atoms with Gasteiger partial charge in [-0.05, 0) is 32.7 Å². The summed E-state index contributed by atoms with van der Waals surface area (Å²) in [6.45, 7) is 9.46. The van der Waals surface area contributed by atoms with Crippen LogP contribution in [0.2, 0.25) is 0 Å². The van der Waals surface area contributed by atoms with E-state index in [0.717, 1.165) is 13.0 Å². The Balaban J connectivity index is 2.67. The van der Waals surface area contributed by atoms with Crippen molar-refractivity contribution in [3.8, 4) is 0 Å². The molecule has 2 amide bonds. The van der Waals surface area contributed by atoms with E-state index in [1.54, 1.807) is 13.8 Å². The monoisotopic (exact) mass is 255 g/mol. The van der Waals surface area contributed by atoms with E-state index in [1.165, 1.54) is 0 Å². The van der Waals surface area contributed by atoms with E-state index >= 15 is 0 Å². The summed E-state index contributed by atoms with van der Waals surface area (Å²) in [6.07, 6.45) is 0.841. The molecule has 0 bridgehead atoms. The standard InChI is InChI=1S/C13H25N3O2/c1-9(2)13(5-6-15-8-13)11(18)16-7-12(3,4)10(14)17/h9,15H,5-8H2,1-4H3,(H2,14,17)(H,16,18). The minimum Gasteiger partial charge on any atom is -0.369 e. The van der Waals surface area contributed by atoms with Crippen molar-refractivity contribution in [3.05, 3.63) is 0 Å². The van der Waals surface area contributed by atoms with Gasteiger partial charge in [-0.1, -0.05) is 13.8 Å². The van der Waals surface area contributed by atoms with Crippen LogP contribution in [0.1, 0.15) is 34.1 Å². The van der Waals surface area contributed by atoms with Crippen molar-refractivity contribution < 1.29 is 9.59 Å². The fourth-order valence-corrected chi connectivity index (χ4v) is 2.22. The molecule has 0 aromatic carbocycles. The molecule has 0 radical (unpaired) electrons. The maximum atomic E-state index is 12.4. The van der Waals surface area contributed by atoms with Crippen LogP contribution in [0.25, 0.3) is 0 Å². The maximum absolute atomic E-state index is 12.4. The predicted octanol–water partition coefficient (Wildman–Crippen LogP) is 0.250. The Morgan fingerprint density at radius 3 is 2.44 bits per heavy atom. The number of hydrogen-bond acceptors (Lipinski definition) is 3. The fourth-order valence-electron chi connectivity index (χ4n) is 2.22. The molecule has 0 aliphatic carbocycles. The average molecular weight is 255 g/mol. The highest BCUT2D eigenvalue weighted by Crippen LogP contribution is 2.34. The van der Waals surface area contributed by atoms with Crippen LogP contribution in [0.3, 0.4) is 0 Å². The lowest BCUT2D eigenvalue weighted by Gasteiger charge is -2.32. The molecule has 1 unspecified atom stereocenters. The van der Waals surface area contributed by atoms with Crippen LogP contribution in [0.15, 0.2) is 0 Å². The molecule has 0 spiro atoms. The molecule has 4 N–H and O–H groups in total. The number of rotatable bonds is 5. The van der Waals surface area contributed by atoms with Crippen LogP contribution in [0.4, 0.5) is 0 Å². The molecule has 0 saturated carbocycles. The first-order valence-corrected chi connectivity index (χ1v) is 6.51. The highest BCUT2D eigenvalue weighted by atomic mass is 16.2. The Labute approximate surface area is 109 Å². The van der Waals surface area contributed by atoms with Gasteiger partial charge in [0.1, 0.15) is 0 Å². The third-order valence-corrected chi connectivity index (χ3v) is 4.10. The summed E-state index contributed by atoms with van der Waals surface area (Å²) in [7, 11) is 0. The number of primary amides is 1. The summed E-state index contributed by atoms with van der Waals surface area (Å²) >= 11 is 0. The summed E-state index contributed by atoms with van der Waals surface area (Å²) in [5.74, 6) is -0.105. The molecule has 1 aliphatic rings. The zero-order valence-corrected chi connectivity index (χ0v) is 11.8. The van der Waals surface area contributed by atoms with E-state index in [1.807, 2.05) is 0 Å². The lowest BCUT2D eigenvalue weighted by atomic mass is 9.75. The number of carbonyl (C=O) groups excluding carboxylic acids is 2. The maximum Gasteiger partial charge on any atom is 0.227 e. The SMILES string of the molecule is CC(C)C1(C(=O)NCC(C)(C)C(N)=O)CCNC1. The van der Waals surface area contributed by atoms with Crippen LogP contribution < -0.4 is 16.4 Å². The molecule has 104 valence electrons. The van der Waals surface area contributed by atoms with Gasteiger partial charge in [0.15, 0.2) is 0 Å². The number of nitrogens with two attached hydrogens (primary N) is 1. The van der Waals surface area contributed by atoms with Crippen molar-refractivity contribution in [3.63, 3.8) is 0 Å².